The second-order valence-electron chi connectivity index (χ2n) is 4.72. The molecule has 1 aliphatic carbocycles. The molecule has 2 atom stereocenters. The molecule has 2 aliphatic rings. The molecule has 1 saturated heterocycles. The molecule has 0 spiro atoms. The van der Waals surface area contributed by atoms with E-state index in [0.717, 1.165) is 29.8 Å². The van der Waals surface area contributed by atoms with Crippen LogP contribution >= 0.6 is 15.9 Å². The zero-order valence-corrected chi connectivity index (χ0v) is 11.0. The zero-order chi connectivity index (χ0) is 11.1. The van der Waals surface area contributed by atoms with Gasteiger partial charge in [-0.15, -0.1) is 10.2 Å². The van der Waals surface area contributed by atoms with Gasteiger partial charge in [-0.1, -0.05) is 15.9 Å². The first-order chi connectivity index (χ1) is 7.79. The maximum absolute atomic E-state index is 5.89. The van der Waals surface area contributed by atoms with E-state index in [4.69, 9.17) is 4.74 Å². The molecule has 1 aliphatic heterocycles. The molecule has 0 aromatic carbocycles. The van der Waals surface area contributed by atoms with Gasteiger partial charge in [0.05, 0.1) is 11.4 Å². The Morgan fingerprint density at radius 3 is 2.69 bits per heavy atom. The molecule has 88 valence electrons. The van der Waals surface area contributed by atoms with Crippen LogP contribution in [0.4, 0.5) is 0 Å². The summed E-state index contributed by atoms with van der Waals surface area (Å²) in [6.45, 7) is 2.13. The molecule has 2 unspecified atom stereocenters. The molecule has 0 N–H and O–H groups in total. The molecule has 0 bridgehead atoms. The molecule has 1 aromatic heterocycles. The summed E-state index contributed by atoms with van der Waals surface area (Å²) in [7, 11) is 0. The van der Waals surface area contributed by atoms with Crippen molar-refractivity contribution in [3.8, 4) is 0 Å². The molecule has 2 fully saturated rings. The molecule has 2 heterocycles. The van der Waals surface area contributed by atoms with Crippen LogP contribution < -0.4 is 0 Å². The molecule has 1 saturated carbocycles. The summed E-state index contributed by atoms with van der Waals surface area (Å²) in [5.41, 5.74) is 0. The van der Waals surface area contributed by atoms with Crippen molar-refractivity contribution in [2.24, 2.45) is 0 Å². The highest BCUT2D eigenvalue weighted by molar-refractivity contribution is 9.08. The van der Waals surface area contributed by atoms with Crippen LogP contribution in [0.1, 0.15) is 56.4 Å². The van der Waals surface area contributed by atoms with Crippen molar-refractivity contribution < 1.29 is 4.74 Å². The average molecular weight is 286 g/mol. The van der Waals surface area contributed by atoms with E-state index >= 15 is 0 Å². The minimum atomic E-state index is 0.163. The fraction of sp³-hybridized carbons (Fsp3) is 0.818. The normalized spacial score (nSPS) is 29.9. The Labute approximate surface area is 104 Å². The maximum Gasteiger partial charge on any atom is 0.162 e. The van der Waals surface area contributed by atoms with E-state index in [2.05, 4.69) is 37.6 Å². The monoisotopic (exact) mass is 285 g/mol. The first-order valence-corrected chi connectivity index (χ1v) is 7.07. The van der Waals surface area contributed by atoms with Gasteiger partial charge in [0, 0.05) is 6.04 Å². The lowest BCUT2D eigenvalue weighted by Crippen LogP contribution is -2.10. The van der Waals surface area contributed by atoms with Crippen molar-refractivity contribution in [2.75, 3.05) is 0 Å². The summed E-state index contributed by atoms with van der Waals surface area (Å²) < 4.78 is 8.17. The third kappa shape index (κ3) is 1.80. The number of ether oxygens (including phenoxy) is 1. The molecule has 16 heavy (non-hydrogen) atoms. The topological polar surface area (TPSA) is 39.9 Å². The highest BCUT2D eigenvalue weighted by Crippen LogP contribution is 2.41. The standard InChI is InChI=1S/C11H16BrN3O/c1-7-2-5-9(16-7)11-14-13-10(6-12)15(11)8-3-4-8/h7-9H,2-6H2,1H3. The minimum Gasteiger partial charge on any atom is -0.367 e. The summed E-state index contributed by atoms with van der Waals surface area (Å²) in [5, 5.41) is 9.35. The van der Waals surface area contributed by atoms with Crippen LogP contribution in [0.3, 0.4) is 0 Å². The number of alkyl halides is 1. The molecule has 5 heteroatoms. The van der Waals surface area contributed by atoms with Crippen LogP contribution in [0, 0.1) is 0 Å². The fourth-order valence-electron chi connectivity index (χ4n) is 2.37. The Hall–Kier alpha value is -0.420. The van der Waals surface area contributed by atoms with Crippen molar-refractivity contribution in [1.82, 2.24) is 14.8 Å². The largest absolute Gasteiger partial charge is 0.367 e. The van der Waals surface area contributed by atoms with E-state index in [-0.39, 0.29) is 6.10 Å². The van der Waals surface area contributed by atoms with Gasteiger partial charge in [0.2, 0.25) is 0 Å². The summed E-state index contributed by atoms with van der Waals surface area (Å²) >= 11 is 3.47. The average Bonchev–Trinajstić information content (AvgIpc) is 2.88. The van der Waals surface area contributed by atoms with Gasteiger partial charge in [-0.2, -0.15) is 0 Å². The molecule has 4 nitrogen and oxygen atoms in total. The lowest BCUT2D eigenvalue weighted by molar-refractivity contribution is 0.0478. The van der Waals surface area contributed by atoms with Crippen molar-refractivity contribution in [1.29, 1.82) is 0 Å². The Kier molecular flexibility index (Phi) is 2.75. The third-order valence-corrected chi connectivity index (χ3v) is 3.85. The lowest BCUT2D eigenvalue weighted by Gasteiger charge is -2.13. The second-order valence-corrected chi connectivity index (χ2v) is 5.28. The summed E-state index contributed by atoms with van der Waals surface area (Å²) in [6.07, 6.45) is 5.25. The molecular formula is C11H16BrN3O. The van der Waals surface area contributed by atoms with Crippen LogP contribution in [-0.2, 0) is 10.1 Å². The zero-order valence-electron chi connectivity index (χ0n) is 9.40. The van der Waals surface area contributed by atoms with Crippen LogP contribution in [0.15, 0.2) is 0 Å². The van der Waals surface area contributed by atoms with Crippen molar-refractivity contribution in [3.05, 3.63) is 11.6 Å². The number of hydrogen-bond donors (Lipinski definition) is 0. The predicted molar refractivity (Wildman–Crippen MR) is 63.4 cm³/mol. The molecule has 1 aromatic rings. The van der Waals surface area contributed by atoms with E-state index in [9.17, 15) is 0 Å². The van der Waals surface area contributed by atoms with Crippen LogP contribution in [0.5, 0.6) is 0 Å². The summed E-state index contributed by atoms with van der Waals surface area (Å²) in [6, 6.07) is 0.622. The lowest BCUT2D eigenvalue weighted by atomic mass is 10.2. The van der Waals surface area contributed by atoms with Crippen LogP contribution in [0.25, 0.3) is 0 Å². The van der Waals surface area contributed by atoms with E-state index < -0.39 is 0 Å². The molecule has 0 radical (unpaired) electrons. The van der Waals surface area contributed by atoms with Crippen molar-refractivity contribution >= 4 is 15.9 Å². The highest BCUT2D eigenvalue weighted by atomic mass is 79.9. The van der Waals surface area contributed by atoms with E-state index in [1.54, 1.807) is 0 Å². The molecule has 3 rings (SSSR count). The first-order valence-electron chi connectivity index (χ1n) is 5.94. The number of hydrogen-bond acceptors (Lipinski definition) is 3. The predicted octanol–water partition coefficient (Wildman–Crippen LogP) is 2.75. The van der Waals surface area contributed by atoms with E-state index in [1.807, 2.05) is 0 Å². The van der Waals surface area contributed by atoms with Gasteiger partial charge in [-0.05, 0) is 32.6 Å². The highest BCUT2D eigenvalue weighted by Gasteiger charge is 2.34. The number of nitrogens with zero attached hydrogens (tertiary/aromatic N) is 3. The van der Waals surface area contributed by atoms with Crippen LogP contribution in [0.2, 0.25) is 0 Å². The van der Waals surface area contributed by atoms with Crippen LogP contribution in [-0.4, -0.2) is 20.9 Å². The Morgan fingerprint density at radius 1 is 1.31 bits per heavy atom. The maximum atomic E-state index is 5.89. The van der Waals surface area contributed by atoms with E-state index in [0.29, 0.717) is 12.1 Å². The third-order valence-electron chi connectivity index (χ3n) is 3.34. The van der Waals surface area contributed by atoms with Gasteiger partial charge in [0.15, 0.2) is 5.82 Å². The van der Waals surface area contributed by atoms with Gasteiger partial charge < -0.3 is 9.30 Å². The summed E-state index contributed by atoms with van der Waals surface area (Å²) in [5.74, 6) is 2.09. The minimum absolute atomic E-state index is 0.163. The Morgan fingerprint density at radius 2 is 2.12 bits per heavy atom. The smallest absolute Gasteiger partial charge is 0.162 e. The quantitative estimate of drug-likeness (QED) is 0.802. The van der Waals surface area contributed by atoms with E-state index in [1.165, 1.54) is 12.8 Å². The number of rotatable bonds is 3. The van der Waals surface area contributed by atoms with Gasteiger partial charge in [0.1, 0.15) is 11.9 Å². The fourth-order valence-corrected chi connectivity index (χ4v) is 2.75. The van der Waals surface area contributed by atoms with Gasteiger partial charge in [-0.25, -0.2) is 0 Å². The Balaban J connectivity index is 1.91. The summed E-state index contributed by atoms with van der Waals surface area (Å²) in [4.78, 5) is 0. The van der Waals surface area contributed by atoms with Gasteiger partial charge in [0.25, 0.3) is 0 Å². The second kappa shape index (κ2) is 4.11. The Bertz CT molecular complexity index is 389. The number of halogens is 1. The van der Waals surface area contributed by atoms with Gasteiger partial charge >= 0.3 is 0 Å². The van der Waals surface area contributed by atoms with Crippen molar-refractivity contribution in [3.63, 3.8) is 0 Å². The molecular weight excluding hydrogens is 270 g/mol. The molecule has 0 amide bonds. The first kappa shape index (κ1) is 10.7. The SMILES string of the molecule is CC1CCC(c2nnc(CBr)n2C2CC2)O1. The van der Waals surface area contributed by atoms with Gasteiger partial charge in [-0.3, -0.25) is 0 Å². The van der Waals surface area contributed by atoms with Crippen molar-refractivity contribution in [2.45, 2.75) is 56.2 Å². The number of aromatic nitrogens is 3.